The first-order valence-corrected chi connectivity index (χ1v) is 4.99. The summed E-state index contributed by atoms with van der Waals surface area (Å²) in [6, 6.07) is 1.87. The zero-order valence-electron chi connectivity index (χ0n) is 8.55. The van der Waals surface area contributed by atoms with Crippen LogP contribution in [0.4, 0.5) is 0 Å². The molecule has 1 fully saturated rings. The lowest BCUT2D eigenvalue weighted by atomic mass is 10.1. The second-order valence-electron chi connectivity index (χ2n) is 2.78. The van der Waals surface area contributed by atoms with Gasteiger partial charge in [0.25, 0.3) is 0 Å². The van der Waals surface area contributed by atoms with Crippen LogP contribution in [0.15, 0.2) is 0 Å². The van der Waals surface area contributed by atoms with Crippen LogP contribution in [0.5, 0.6) is 0 Å². The summed E-state index contributed by atoms with van der Waals surface area (Å²) in [4.78, 5) is 12.9. The Morgan fingerprint density at radius 2 is 1.85 bits per heavy atom. The highest BCUT2D eigenvalue weighted by molar-refractivity contribution is 5.78. The van der Waals surface area contributed by atoms with Gasteiger partial charge in [0.15, 0.2) is 0 Å². The highest BCUT2D eigenvalue weighted by atomic mass is 16.2. The zero-order valence-corrected chi connectivity index (χ0v) is 8.55. The van der Waals surface area contributed by atoms with Gasteiger partial charge < -0.3 is 4.90 Å². The molecule has 0 N–H and O–H groups in total. The molecular formula is C10H18N2O. The number of carbonyl (C=O) groups excluding carboxylic acids is 1. The lowest BCUT2D eigenvalue weighted by molar-refractivity contribution is -0.130. The fraction of sp³-hybridized carbons (Fsp3) is 0.800. The summed E-state index contributed by atoms with van der Waals surface area (Å²) in [5, 5.41) is 8.27. The Morgan fingerprint density at radius 1 is 1.31 bits per heavy atom. The summed E-state index contributed by atoms with van der Waals surface area (Å²) in [6.07, 6.45) is 3.45. The molecule has 3 heteroatoms. The maximum Gasteiger partial charge on any atom is 0.236 e. The number of rotatable bonds is 1. The molecule has 3 nitrogen and oxygen atoms in total. The van der Waals surface area contributed by atoms with E-state index in [0.717, 1.165) is 25.9 Å². The van der Waals surface area contributed by atoms with Crippen LogP contribution in [0.2, 0.25) is 0 Å². The predicted octanol–water partition coefficient (Wildman–Crippen LogP) is 1.94. The molecule has 0 aromatic rings. The molecule has 0 aromatic heterocycles. The minimum Gasteiger partial charge on any atom is -0.342 e. The number of carbonyl (C=O) groups is 1. The quantitative estimate of drug-likeness (QED) is 0.622. The van der Waals surface area contributed by atoms with Crippen molar-refractivity contribution in [1.82, 2.24) is 4.90 Å². The van der Waals surface area contributed by atoms with E-state index in [1.165, 1.54) is 6.42 Å². The molecule has 1 rings (SSSR count). The Balaban J connectivity index is 0.000000671. The zero-order chi connectivity index (χ0) is 10.1. The Bertz CT molecular complexity index is 178. The van der Waals surface area contributed by atoms with Crippen molar-refractivity contribution in [2.24, 2.45) is 0 Å². The summed E-state index contributed by atoms with van der Waals surface area (Å²) < 4.78 is 0. The lowest BCUT2D eigenvalue weighted by Gasteiger charge is -2.25. The summed E-state index contributed by atoms with van der Waals surface area (Å²) in [5.74, 6) is -0.00722. The molecule has 1 heterocycles. The van der Waals surface area contributed by atoms with Crippen LogP contribution in [-0.4, -0.2) is 23.9 Å². The maximum absolute atomic E-state index is 11.1. The van der Waals surface area contributed by atoms with Crippen molar-refractivity contribution in [2.45, 2.75) is 39.5 Å². The molecule has 0 aliphatic carbocycles. The minimum atomic E-state index is -0.00722. The predicted molar refractivity (Wildman–Crippen MR) is 52.0 cm³/mol. The first kappa shape index (κ1) is 12.0. The molecule has 0 unspecified atom stereocenters. The molecule has 0 bridgehead atoms. The van der Waals surface area contributed by atoms with Crippen LogP contribution < -0.4 is 0 Å². The Labute approximate surface area is 80.3 Å². The summed E-state index contributed by atoms with van der Waals surface area (Å²) in [7, 11) is 0. The molecule has 1 saturated heterocycles. The van der Waals surface area contributed by atoms with E-state index in [2.05, 4.69) is 0 Å². The Kier molecular flexibility index (Phi) is 6.99. The highest BCUT2D eigenvalue weighted by Gasteiger charge is 2.14. The van der Waals surface area contributed by atoms with E-state index in [1.54, 1.807) is 4.90 Å². The standard InChI is InChI=1S/C8H12N2O.C2H6/c9-5-4-8(11)10-6-2-1-3-7-10;1-2/h1-4,6-7H2;1-2H3. The smallest absolute Gasteiger partial charge is 0.236 e. The van der Waals surface area contributed by atoms with E-state index < -0.39 is 0 Å². The fourth-order valence-corrected chi connectivity index (χ4v) is 1.32. The number of hydrogen-bond donors (Lipinski definition) is 0. The van der Waals surface area contributed by atoms with Crippen molar-refractivity contribution < 1.29 is 4.79 Å². The van der Waals surface area contributed by atoms with Crippen molar-refractivity contribution in [3.63, 3.8) is 0 Å². The van der Waals surface area contributed by atoms with Gasteiger partial charge >= 0.3 is 0 Å². The molecule has 0 spiro atoms. The van der Waals surface area contributed by atoms with Gasteiger partial charge in [-0.25, -0.2) is 0 Å². The molecule has 0 atom stereocenters. The summed E-state index contributed by atoms with van der Waals surface area (Å²) >= 11 is 0. The van der Waals surface area contributed by atoms with Gasteiger partial charge in [-0.15, -0.1) is 0 Å². The first-order chi connectivity index (χ1) is 6.34. The molecule has 1 aliphatic rings. The van der Waals surface area contributed by atoms with Crippen molar-refractivity contribution in [2.75, 3.05) is 13.1 Å². The van der Waals surface area contributed by atoms with Crippen LogP contribution in [0, 0.1) is 11.3 Å². The van der Waals surface area contributed by atoms with Crippen LogP contribution >= 0.6 is 0 Å². The van der Waals surface area contributed by atoms with Gasteiger partial charge in [-0.1, -0.05) is 13.8 Å². The van der Waals surface area contributed by atoms with Gasteiger partial charge in [0.1, 0.15) is 6.42 Å². The lowest BCUT2D eigenvalue weighted by Crippen LogP contribution is -2.35. The van der Waals surface area contributed by atoms with Crippen LogP contribution in [0.25, 0.3) is 0 Å². The average molecular weight is 182 g/mol. The van der Waals surface area contributed by atoms with E-state index in [0.29, 0.717) is 0 Å². The molecule has 74 valence electrons. The molecule has 0 aromatic carbocycles. The van der Waals surface area contributed by atoms with Gasteiger partial charge in [-0.2, -0.15) is 5.26 Å². The molecule has 0 saturated carbocycles. The number of piperidine rings is 1. The normalized spacial score (nSPS) is 15.3. The number of likely N-dealkylation sites (tertiary alicyclic amines) is 1. The van der Waals surface area contributed by atoms with Gasteiger partial charge in [-0.3, -0.25) is 4.79 Å². The van der Waals surface area contributed by atoms with Crippen molar-refractivity contribution in [3.05, 3.63) is 0 Å². The van der Waals surface area contributed by atoms with E-state index in [9.17, 15) is 4.79 Å². The van der Waals surface area contributed by atoms with Crippen molar-refractivity contribution in [3.8, 4) is 6.07 Å². The van der Waals surface area contributed by atoms with Crippen LogP contribution in [0.3, 0.4) is 0 Å². The third-order valence-corrected chi connectivity index (χ3v) is 1.94. The van der Waals surface area contributed by atoms with E-state index in [4.69, 9.17) is 5.26 Å². The molecular weight excluding hydrogens is 164 g/mol. The van der Waals surface area contributed by atoms with Crippen molar-refractivity contribution in [1.29, 1.82) is 5.26 Å². The van der Waals surface area contributed by atoms with Gasteiger partial charge in [0.2, 0.25) is 5.91 Å². The number of nitrogens with zero attached hydrogens (tertiary/aromatic N) is 2. The third kappa shape index (κ3) is 4.51. The first-order valence-electron chi connectivity index (χ1n) is 4.99. The SMILES string of the molecule is CC.N#CCC(=O)N1CCCCC1. The van der Waals surface area contributed by atoms with Gasteiger partial charge in [0, 0.05) is 13.1 Å². The topological polar surface area (TPSA) is 44.1 Å². The Morgan fingerprint density at radius 3 is 2.31 bits per heavy atom. The average Bonchev–Trinajstić information content (AvgIpc) is 2.23. The third-order valence-electron chi connectivity index (χ3n) is 1.94. The van der Waals surface area contributed by atoms with Crippen LogP contribution in [0.1, 0.15) is 39.5 Å². The second-order valence-corrected chi connectivity index (χ2v) is 2.78. The van der Waals surface area contributed by atoms with Crippen molar-refractivity contribution >= 4 is 5.91 Å². The number of hydrogen-bond acceptors (Lipinski definition) is 2. The van der Waals surface area contributed by atoms with E-state index in [1.807, 2.05) is 19.9 Å². The number of amides is 1. The monoisotopic (exact) mass is 182 g/mol. The Hall–Kier alpha value is -1.04. The van der Waals surface area contributed by atoms with E-state index >= 15 is 0 Å². The second kappa shape index (κ2) is 7.60. The maximum atomic E-state index is 11.1. The number of nitriles is 1. The molecule has 1 aliphatic heterocycles. The summed E-state index contributed by atoms with van der Waals surface area (Å²) in [6.45, 7) is 5.70. The minimum absolute atomic E-state index is 0.00722. The van der Waals surface area contributed by atoms with Crippen LogP contribution in [-0.2, 0) is 4.79 Å². The molecule has 13 heavy (non-hydrogen) atoms. The van der Waals surface area contributed by atoms with E-state index in [-0.39, 0.29) is 12.3 Å². The molecule has 0 radical (unpaired) electrons. The summed E-state index contributed by atoms with van der Waals surface area (Å²) in [5.41, 5.74) is 0. The van der Waals surface area contributed by atoms with Gasteiger partial charge in [-0.05, 0) is 19.3 Å². The highest BCUT2D eigenvalue weighted by Crippen LogP contribution is 2.09. The van der Waals surface area contributed by atoms with Gasteiger partial charge in [0.05, 0.1) is 6.07 Å². The molecule has 1 amide bonds. The largest absolute Gasteiger partial charge is 0.342 e. The fourth-order valence-electron chi connectivity index (χ4n) is 1.32.